The monoisotopic (exact) mass is 222 g/mol. The van der Waals surface area contributed by atoms with Gasteiger partial charge in [-0.3, -0.25) is 0 Å². The van der Waals surface area contributed by atoms with Gasteiger partial charge in [0.1, 0.15) is 0 Å². The van der Waals surface area contributed by atoms with Crippen molar-refractivity contribution < 1.29 is 13.2 Å². The molecule has 1 saturated heterocycles. The lowest BCUT2D eigenvalue weighted by atomic mass is 10.1. The predicted octanol–water partition coefficient (Wildman–Crippen LogP) is -0.696. The van der Waals surface area contributed by atoms with Crippen LogP contribution in [0.25, 0.3) is 0 Å². The first-order valence-electron chi connectivity index (χ1n) is 4.84. The van der Waals surface area contributed by atoms with Crippen LogP contribution in [0.5, 0.6) is 0 Å². The molecule has 1 rings (SSSR count). The number of ether oxygens (including phenoxy) is 1. The van der Waals surface area contributed by atoms with E-state index in [4.69, 9.17) is 4.74 Å². The molecule has 14 heavy (non-hydrogen) atoms. The smallest absolute Gasteiger partial charge is 0.208 e. The maximum absolute atomic E-state index is 10.7. The van der Waals surface area contributed by atoms with E-state index in [0.717, 1.165) is 32.3 Å². The van der Waals surface area contributed by atoms with Gasteiger partial charge in [0.2, 0.25) is 10.0 Å². The predicted molar refractivity (Wildman–Crippen MR) is 54.7 cm³/mol. The van der Waals surface area contributed by atoms with Gasteiger partial charge in [-0.15, -0.1) is 0 Å². The highest BCUT2D eigenvalue weighted by Crippen LogP contribution is 2.04. The van der Waals surface area contributed by atoms with Gasteiger partial charge in [-0.25, -0.2) is 13.1 Å². The molecule has 0 aliphatic carbocycles. The first-order valence-corrected chi connectivity index (χ1v) is 6.73. The van der Waals surface area contributed by atoms with Crippen LogP contribution in [0.4, 0.5) is 0 Å². The zero-order chi connectivity index (χ0) is 10.4. The van der Waals surface area contributed by atoms with Crippen molar-refractivity contribution >= 4 is 10.0 Å². The van der Waals surface area contributed by atoms with Gasteiger partial charge in [-0.2, -0.15) is 0 Å². The first-order chi connectivity index (χ1) is 6.58. The van der Waals surface area contributed by atoms with Crippen molar-refractivity contribution in [3.8, 4) is 0 Å². The molecule has 0 radical (unpaired) electrons. The van der Waals surface area contributed by atoms with E-state index in [1.165, 1.54) is 0 Å². The number of rotatable bonds is 5. The Morgan fingerprint density at radius 2 is 2.21 bits per heavy atom. The van der Waals surface area contributed by atoms with Gasteiger partial charge in [0.25, 0.3) is 0 Å². The molecule has 5 nitrogen and oxygen atoms in total. The summed E-state index contributed by atoms with van der Waals surface area (Å²) in [6.07, 6.45) is 3.35. The minimum absolute atomic E-state index is 0.380. The zero-order valence-corrected chi connectivity index (χ0v) is 9.27. The van der Waals surface area contributed by atoms with Gasteiger partial charge in [0, 0.05) is 25.7 Å². The van der Waals surface area contributed by atoms with Gasteiger partial charge in [-0.05, 0) is 12.8 Å². The summed E-state index contributed by atoms with van der Waals surface area (Å²) in [6.45, 7) is 2.68. The summed E-state index contributed by atoms with van der Waals surface area (Å²) >= 11 is 0. The van der Waals surface area contributed by atoms with Crippen LogP contribution >= 0.6 is 0 Å². The van der Waals surface area contributed by atoms with Gasteiger partial charge in [0.05, 0.1) is 12.9 Å². The van der Waals surface area contributed by atoms with E-state index in [-0.39, 0.29) is 0 Å². The molecule has 0 spiro atoms. The van der Waals surface area contributed by atoms with Crippen LogP contribution < -0.4 is 10.0 Å². The standard InChI is InChI=1S/C8H18N2O3S/c1-14(11,12)10-5-4-9-8-3-2-6-13-7-8/h8-10H,2-7H2,1H3. The number of nitrogens with one attached hydrogen (secondary N) is 2. The Morgan fingerprint density at radius 3 is 2.79 bits per heavy atom. The number of sulfonamides is 1. The number of hydrogen-bond acceptors (Lipinski definition) is 4. The largest absolute Gasteiger partial charge is 0.380 e. The van der Waals surface area contributed by atoms with E-state index in [9.17, 15) is 8.42 Å². The van der Waals surface area contributed by atoms with E-state index >= 15 is 0 Å². The lowest BCUT2D eigenvalue weighted by Crippen LogP contribution is -2.41. The third-order valence-corrected chi connectivity index (χ3v) is 2.81. The minimum Gasteiger partial charge on any atom is -0.380 e. The van der Waals surface area contributed by atoms with Gasteiger partial charge < -0.3 is 10.1 Å². The molecule has 0 aromatic carbocycles. The fourth-order valence-electron chi connectivity index (χ4n) is 1.41. The molecule has 1 aliphatic rings. The highest BCUT2D eigenvalue weighted by atomic mass is 32.2. The fourth-order valence-corrected chi connectivity index (χ4v) is 1.89. The molecule has 6 heteroatoms. The molecule has 1 unspecified atom stereocenters. The molecule has 1 aliphatic heterocycles. The zero-order valence-electron chi connectivity index (χ0n) is 8.45. The molecular weight excluding hydrogens is 204 g/mol. The quantitative estimate of drug-likeness (QED) is 0.604. The fraction of sp³-hybridized carbons (Fsp3) is 1.00. The van der Waals surface area contributed by atoms with Gasteiger partial charge >= 0.3 is 0 Å². The molecule has 0 amide bonds. The molecule has 0 aromatic heterocycles. The lowest BCUT2D eigenvalue weighted by Gasteiger charge is -2.23. The van der Waals surface area contributed by atoms with Crippen molar-refractivity contribution in [1.82, 2.24) is 10.0 Å². The van der Waals surface area contributed by atoms with Gasteiger partial charge in [-0.1, -0.05) is 0 Å². The molecule has 2 N–H and O–H groups in total. The summed E-state index contributed by atoms with van der Waals surface area (Å²) in [7, 11) is -3.05. The summed E-state index contributed by atoms with van der Waals surface area (Å²) in [4.78, 5) is 0. The van der Waals surface area contributed by atoms with E-state index in [2.05, 4.69) is 10.0 Å². The summed E-state index contributed by atoms with van der Waals surface area (Å²) < 4.78 is 29.1. The second-order valence-electron chi connectivity index (χ2n) is 3.53. The van der Waals surface area contributed by atoms with Crippen LogP contribution in [0.15, 0.2) is 0 Å². The average molecular weight is 222 g/mol. The molecule has 0 saturated carbocycles. The number of hydrogen-bond donors (Lipinski definition) is 2. The van der Waals surface area contributed by atoms with Crippen LogP contribution in [-0.4, -0.2) is 47.0 Å². The van der Waals surface area contributed by atoms with Crippen molar-refractivity contribution in [2.45, 2.75) is 18.9 Å². The third-order valence-electron chi connectivity index (χ3n) is 2.08. The van der Waals surface area contributed by atoms with Crippen LogP contribution in [0, 0.1) is 0 Å². The SMILES string of the molecule is CS(=O)(=O)NCCNC1CCCOC1. The van der Waals surface area contributed by atoms with Crippen molar-refractivity contribution in [3.63, 3.8) is 0 Å². The van der Waals surface area contributed by atoms with Crippen molar-refractivity contribution in [3.05, 3.63) is 0 Å². The van der Waals surface area contributed by atoms with Crippen LogP contribution in [0.3, 0.4) is 0 Å². The normalized spacial score (nSPS) is 23.6. The Labute approximate surface area is 85.3 Å². The summed E-state index contributed by atoms with van der Waals surface area (Å²) in [5.74, 6) is 0. The van der Waals surface area contributed by atoms with Crippen molar-refractivity contribution in [1.29, 1.82) is 0 Å². The first kappa shape index (κ1) is 11.9. The van der Waals surface area contributed by atoms with Gasteiger partial charge in [0.15, 0.2) is 0 Å². The molecule has 1 fully saturated rings. The van der Waals surface area contributed by atoms with Crippen molar-refractivity contribution in [2.24, 2.45) is 0 Å². The second kappa shape index (κ2) is 5.65. The Hall–Kier alpha value is -0.170. The maximum Gasteiger partial charge on any atom is 0.208 e. The molecule has 0 bridgehead atoms. The molecule has 1 heterocycles. The Bertz CT molecular complexity index is 247. The molecule has 0 aromatic rings. The van der Waals surface area contributed by atoms with E-state index in [1.54, 1.807) is 0 Å². The average Bonchev–Trinajstić information content (AvgIpc) is 2.13. The Kier molecular flexibility index (Phi) is 4.80. The Morgan fingerprint density at radius 1 is 1.43 bits per heavy atom. The molecular formula is C8H18N2O3S. The topological polar surface area (TPSA) is 67.4 Å². The van der Waals surface area contributed by atoms with E-state index < -0.39 is 10.0 Å². The second-order valence-corrected chi connectivity index (χ2v) is 5.37. The molecule has 84 valence electrons. The summed E-state index contributed by atoms with van der Waals surface area (Å²) in [6, 6.07) is 0.380. The highest BCUT2D eigenvalue weighted by molar-refractivity contribution is 7.88. The molecule has 1 atom stereocenters. The van der Waals surface area contributed by atoms with E-state index in [1.807, 2.05) is 0 Å². The Balaban J connectivity index is 2.03. The van der Waals surface area contributed by atoms with Crippen LogP contribution in [0.1, 0.15) is 12.8 Å². The van der Waals surface area contributed by atoms with Crippen LogP contribution in [0.2, 0.25) is 0 Å². The summed E-state index contributed by atoms with van der Waals surface area (Å²) in [5.41, 5.74) is 0. The van der Waals surface area contributed by atoms with Crippen molar-refractivity contribution in [2.75, 3.05) is 32.6 Å². The maximum atomic E-state index is 10.7. The summed E-state index contributed by atoms with van der Waals surface area (Å²) in [5, 5.41) is 3.24. The van der Waals surface area contributed by atoms with Crippen LogP contribution in [-0.2, 0) is 14.8 Å². The lowest BCUT2D eigenvalue weighted by molar-refractivity contribution is 0.0708. The minimum atomic E-state index is -3.05. The third kappa shape index (κ3) is 5.54. The highest BCUT2D eigenvalue weighted by Gasteiger charge is 2.12. The van der Waals surface area contributed by atoms with E-state index in [0.29, 0.717) is 19.1 Å².